The second-order valence-corrected chi connectivity index (χ2v) is 11.1. The van der Waals surface area contributed by atoms with Gasteiger partial charge in [0.1, 0.15) is 0 Å². The van der Waals surface area contributed by atoms with Gasteiger partial charge in [-0.15, -0.1) is 0 Å². The molecule has 2 N–H and O–H groups in total. The van der Waals surface area contributed by atoms with Gasteiger partial charge in [0.15, 0.2) is 0 Å². The van der Waals surface area contributed by atoms with Crippen molar-refractivity contribution in [3.05, 3.63) is 81.1 Å². The highest BCUT2D eigenvalue weighted by Gasteiger charge is 2.20. The summed E-state index contributed by atoms with van der Waals surface area (Å²) in [6.07, 6.45) is 2.20. The highest BCUT2D eigenvalue weighted by Crippen LogP contribution is 2.23. The maximum Gasteiger partial charge on any atom is 0.251 e. The molecule has 4 rings (SSSR count). The van der Waals surface area contributed by atoms with Crippen molar-refractivity contribution < 1.29 is 4.79 Å². The number of fused-ring (bicyclic) bond motifs is 1. The van der Waals surface area contributed by atoms with Crippen molar-refractivity contribution in [1.82, 2.24) is 20.1 Å². The second kappa shape index (κ2) is 11.0. The van der Waals surface area contributed by atoms with Gasteiger partial charge in [-0.05, 0) is 61.0 Å². The third-order valence-electron chi connectivity index (χ3n) is 7.38. The molecule has 1 aromatic heterocycles. The minimum atomic E-state index is -0.229. The predicted molar refractivity (Wildman–Crippen MR) is 148 cm³/mol. The normalized spacial score (nSPS) is 15.4. The van der Waals surface area contributed by atoms with Crippen LogP contribution in [0.15, 0.2) is 53.3 Å². The smallest absolute Gasteiger partial charge is 0.251 e. The van der Waals surface area contributed by atoms with Gasteiger partial charge in [0.2, 0.25) is 0 Å². The summed E-state index contributed by atoms with van der Waals surface area (Å²) in [6, 6.07) is 16.9. The van der Waals surface area contributed by atoms with Gasteiger partial charge >= 0.3 is 0 Å². The van der Waals surface area contributed by atoms with Gasteiger partial charge in [-0.25, -0.2) is 0 Å². The molecule has 36 heavy (non-hydrogen) atoms. The molecule has 0 bridgehead atoms. The van der Waals surface area contributed by atoms with E-state index in [1.165, 1.54) is 17.2 Å². The number of pyridine rings is 1. The van der Waals surface area contributed by atoms with Crippen LogP contribution in [-0.4, -0.2) is 48.1 Å². The summed E-state index contributed by atoms with van der Waals surface area (Å²) in [6.45, 7) is 13.1. The quantitative estimate of drug-likeness (QED) is 0.523. The highest BCUT2D eigenvalue weighted by molar-refractivity contribution is 6.06. The van der Waals surface area contributed by atoms with E-state index < -0.39 is 0 Å². The molecule has 0 radical (unpaired) electrons. The largest absolute Gasteiger partial charge is 0.355 e. The Bertz CT molecular complexity index is 1260. The van der Waals surface area contributed by atoms with Crippen molar-refractivity contribution >= 4 is 16.8 Å². The molecule has 0 saturated carbocycles. The van der Waals surface area contributed by atoms with E-state index in [1.807, 2.05) is 29.7 Å². The van der Waals surface area contributed by atoms with Crippen LogP contribution in [0.4, 0.5) is 0 Å². The van der Waals surface area contributed by atoms with E-state index in [0.717, 1.165) is 55.5 Å². The molecule has 1 saturated heterocycles. The molecule has 6 heteroatoms. The van der Waals surface area contributed by atoms with Crippen LogP contribution in [0, 0.1) is 6.92 Å². The Balaban J connectivity index is 1.34. The molecular formula is C30H40N4O2. The van der Waals surface area contributed by atoms with Crippen LogP contribution in [-0.2, 0) is 18.5 Å². The van der Waals surface area contributed by atoms with Crippen molar-refractivity contribution in [3.63, 3.8) is 0 Å². The number of carbonyl (C=O) groups is 1. The Kier molecular flexibility index (Phi) is 7.96. The molecular weight excluding hydrogens is 448 g/mol. The number of nitrogens with zero attached hydrogens (tertiary/aromatic N) is 2. The van der Waals surface area contributed by atoms with Crippen molar-refractivity contribution in [1.29, 1.82) is 0 Å². The predicted octanol–water partition coefficient (Wildman–Crippen LogP) is 4.22. The van der Waals surface area contributed by atoms with E-state index >= 15 is 0 Å². The van der Waals surface area contributed by atoms with E-state index in [0.29, 0.717) is 18.2 Å². The average molecular weight is 489 g/mol. The van der Waals surface area contributed by atoms with Crippen LogP contribution in [0.25, 0.3) is 10.9 Å². The topological polar surface area (TPSA) is 66.4 Å². The van der Waals surface area contributed by atoms with Crippen LogP contribution < -0.4 is 16.2 Å². The number of nitrogens with one attached hydrogen (secondary N) is 2. The molecule has 192 valence electrons. The number of hydrogen-bond donors (Lipinski definition) is 2. The summed E-state index contributed by atoms with van der Waals surface area (Å²) in [5.41, 5.74) is 5.09. The molecule has 6 nitrogen and oxygen atoms in total. The number of aromatic nitrogens is 1. The van der Waals surface area contributed by atoms with Gasteiger partial charge in [0.05, 0.1) is 11.1 Å². The summed E-state index contributed by atoms with van der Waals surface area (Å²) < 4.78 is 1.82. The number of aryl methyl sites for hydroxylation is 1. The Labute approximate surface area is 214 Å². The van der Waals surface area contributed by atoms with Gasteiger partial charge in [0, 0.05) is 44.2 Å². The molecule has 2 aromatic carbocycles. The number of benzene rings is 2. The van der Waals surface area contributed by atoms with E-state index in [4.69, 9.17) is 0 Å². The fraction of sp³-hybridized carbons (Fsp3) is 0.467. The maximum atomic E-state index is 13.0. The third-order valence-corrected chi connectivity index (χ3v) is 7.38. The summed E-state index contributed by atoms with van der Waals surface area (Å²) in [4.78, 5) is 27.7. The van der Waals surface area contributed by atoms with Crippen molar-refractivity contribution in [3.8, 4) is 0 Å². The zero-order valence-electron chi connectivity index (χ0n) is 22.4. The van der Waals surface area contributed by atoms with Gasteiger partial charge in [-0.1, -0.05) is 57.2 Å². The van der Waals surface area contributed by atoms with Crippen LogP contribution in [0.3, 0.4) is 0 Å². The monoisotopic (exact) mass is 488 g/mol. The van der Waals surface area contributed by atoms with E-state index in [2.05, 4.69) is 60.6 Å². The van der Waals surface area contributed by atoms with E-state index in [-0.39, 0.29) is 16.9 Å². The number of likely N-dealkylation sites (tertiary alicyclic amines) is 1. The molecule has 2 heterocycles. The number of carbonyl (C=O) groups excluding carboxylic acids is 1. The SMILES string of the molecule is CNC(=O)c1cc(=O)n(CCN2CCC(NCc3ccc(C(C)(C)C)cc3)CC2)c2cc(C)ccc12. The second-order valence-electron chi connectivity index (χ2n) is 11.1. The van der Waals surface area contributed by atoms with E-state index in [9.17, 15) is 9.59 Å². The maximum absolute atomic E-state index is 13.0. The van der Waals surface area contributed by atoms with Crippen LogP contribution in [0.1, 0.15) is 60.7 Å². The van der Waals surface area contributed by atoms with Crippen molar-refractivity contribution in [2.45, 2.75) is 65.1 Å². The molecule has 1 aliphatic heterocycles. The first-order valence-corrected chi connectivity index (χ1v) is 13.1. The lowest BCUT2D eigenvalue weighted by Gasteiger charge is -2.32. The Morgan fingerprint density at radius 2 is 1.69 bits per heavy atom. The van der Waals surface area contributed by atoms with Crippen LogP contribution in [0.5, 0.6) is 0 Å². The first-order chi connectivity index (χ1) is 17.2. The fourth-order valence-electron chi connectivity index (χ4n) is 5.03. The zero-order valence-corrected chi connectivity index (χ0v) is 22.4. The molecule has 1 aliphatic rings. The third kappa shape index (κ3) is 6.05. The van der Waals surface area contributed by atoms with Gasteiger partial charge < -0.3 is 20.1 Å². The summed E-state index contributed by atoms with van der Waals surface area (Å²) in [5, 5.41) is 7.20. The number of rotatable bonds is 7. The lowest BCUT2D eigenvalue weighted by Crippen LogP contribution is -2.43. The molecule has 1 amide bonds. The Morgan fingerprint density at radius 3 is 2.33 bits per heavy atom. The van der Waals surface area contributed by atoms with Crippen molar-refractivity contribution in [2.24, 2.45) is 0 Å². The molecule has 0 unspecified atom stereocenters. The van der Waals surface area contributed by atoms with Gasteiger partial charge in [0.25, 0.3) is 11.5 Å². The van der Waals surface area contributed by atoms with Crippen molar-refractivity contribution in [2.75, 3.05) is 26.7 Å². The Morgan fingerprint density at radius 1 is 1.00 bits per heavy atom. The summed E-state index contributed by atoms with van der Waals surface area (Å²) in [7, 11) is 1.59. The highest BCUT2D eigenvalue weighted by atomic mass is 16.2. The number of amides is 1. The molecule has 1 fully saturated rings. The zero-order chi connectivity index (χ0) is 25.9. The molecule has 3 aromatic rings. The van der Waals surface area contributed by atoms with Crippen LogP contribution >= 0.6 is 0 Å². The molecule has 0 aliphatic carbocycles. The fourth-order valence-corrected chi connectivity index (χ4v) is 5.03. The first-order valence-electron chi connectivity index (χ1n) is 13.1. The van der Waals surface area contributed by atoms with Gasteiger partial charge in [-0.3, -0.25) is 9.59 Å². The summed E-state index contributed by atoms with van der Waals surface area (Å²) in [5.74, 6) is -0.229. The van der Waals surface area contributed by atoms with E-state index in [1.54, 1.807) is 7.05 Å². The first kappa shape index (κ1) is 26.1. The minimum absolute atomic E-state index is 0.124. The average Bonchev–Trinajstić information content (AvgIpc) is 2.86. The number of piperidine rings is 1. The summed E-state index contributed by atoms with van der Waals surface area (Å²) >= 11 is 0. The molecule has 0 atom stereocenters. The lowest BCUT2D eigenvalue weighted by atomic mass is 9.87. The Hall–Kier alpha value is -2.96. The minimum Gasteiger partial charge on any atom is -0.355 e. The standard InChI is InChI=1S/C30H40N4O2/c1-21-6-11-25-26(29(36)31-5)19-28(35)34(27(25)18-21)17-16-33-14-12-24(13-15-33)32-20-22-7-9-23(10-8-22)30(2,3)4/h6-11,18-19,24,32H,12-17,20H2,1-5H3,(H,31,36). The number of hydrogen-bond acceptors (Lipinski definition) is 4. The lowest BCUT2D eigenvalue weighted by molar-refractivity contribution is 0.0964. The molecule has 0 spiro atoms. The van der Waals surface area contributed by atoms with Crippen LogP contribution in [0.2, 0.25) is 0 Å². The van der Waals surface area contributed by atoms with Gasteiger partial charge in [-0.2, -0.15) is 0 Å².